The van der Waals surface area contributed by atoms with Gasteiger partial charge in [-0.25, -0.2) is 0 Å². The van der Waals surface area contributed by atoms with E-state index in [1.165, 1.54) is 17.5 Å². The monoisotopic (exact) mass is 375 g/mol. The van der Waals surface area contributed by atoms with E-state index in [0.717, 1.165) is 56.7 Å². The molecule has 6 nitrogen and oxygen atoms in total. The van der Waals surface area contributed by atoms with Crippen LogP contribution in [0.15, 0.2) is 42.5 Å². The average Bonchev–Trinajstić information content (AvgIpc) is 3.16. The number of nitrogens with one attached hydrogen (secondary N) is 1. The Morgan fingerprint density at radius 3 is 2.68 bits per heavy atom. The maximum atomic E-state index is 12.6. The first kappa shape index (κ1) is 17.2. The number of hydrogen-bond acceptors (Lipinski definition) is 4. The van der Waals surface area contributed by atoms with E-state index in [1.807, 2.05) is 16.6 Å². The van der Waals surface area contributed by atoms with Crippen molar-refractivity contribution in [3.8, 4) is 0 Å². The van der Waals surface area contributed by atoms with Gasteiger partial charge in [-0.05, 0) is 42.5 Å². The second kappa shape index (κ2) is 7.26. The summed E-state index contributed by atoms with van der Waals surface area (Å²) in [5.74, 6) is 1.57. The zero-order chi connectivity index (χ0) is 18.9. The minimum Gasteiger partial charge on any atom is -0.352 e. The Hall–Kier alpha value is -2.89. The molecule has 3 aromatic rings. The molecule has 1 amide bonds. The number of rotatable bonds is 3. The summed E-state index contributed by atoms with van der Waals surface area (Å²) in [6, 6.07) is 14.6. The van der Waals surface area contributed by atoms with Crippen LogP contribution >= 0.6 is 0 Å². The van der Waals surface area contributed by atoms with Crippen LogP contribution in [0.1, 0.15) is 43.2 Å². The maximum absolute atomic E-state index is 12.6. The first-order valence-electron chi connectivity index (χ1n) is 10.3. The molecule has 1 saturated carbocycles. The summed E-state index contributed by atoms with van der Waals surface area (Å²) in [6.45, 7) is 1.80. The zero-order valence-corrected chi connectivity index (χ0v) is 16.0. The molecule has 0 radical (unpaired) electrons. The summed E-state index contributed by atoms with van der Waals surface area (Å²) >= 11 is 0. The quantitative estimate of drug-likeness (QED) is 0.756. The molecule has 6 heteroatoms. The highest BCUT2D eigenvalue weighted by atomic mass is 16.2. The lowest BCUT2D eigenvalue weighted by molar-refractivity contribution is -0.120. The summed E-state index contributed by atoms with van der Waals surface area (Å²) in [7, 11) is 0. The van der Waals surface area contributed by atoms with E-state index in [0.29, 0.717) is 5.95 Å². The molecule has 1 N–H and O–H groups in total. The number of nitrogens with zero attached hydrogens (tertiary/aromatic N) is 4. The molecule has 1 aliphatic carbocycles. The molecule has 1 aromatic carbocycles. The van der Waals surface area contributed by atoms with Gasteiger partial charge >= 0.3 is 0 Å². The molecule has 5 rings (SSSR count). The van der Waals surface area contributed by atoms with Crippen LogP contribution in [0, 0.1) is 5.92 Å². The smallest absolute Gasteiger partial charge is 0.249 e. The average molecular weight is 375 g/mol. The first-order valence-corrected chi connectivity index (χ1v) is 10.3. The molecule has 28 heavy (non-hydrogen) atoms. The highest BCUT2D eigenvalue weighted by molar-refractivity contribution is 5.91. The maximum Gasteiger partial charge on any atom is 0.249 e. The lowest BCUT2D eigenvalue weighted by Crippen LogP contribution is -2.31. The number of hydrogen-bond donors (Lipinski definition) is 1. The van der Waals surface area contributed by atoms with Gasteiger partial charge in [-0.15, -0.1) is 5.10 Å². The fourth-order valence-electron chi connectivity index (χ4n) is 4.45. The van der Waals surface area contributed by atoms with E-state index >= 15 is 0 Å². The van der Waals surface area contributed by atoms with E-state index in [4.69, 9.17) is 0 Å². The van der Waals surface area contributed by atoms with Gasteiger partial charge in [0.2, 0.25) is 11.9 Å². The van der Waals surface area contributed by atoms with Crippen LogP contribution in [-0.4, -0.2) is 27.0 Å². The van der Waals surface area contributed by atoms with Crippen molar-refractivity contribution in [1.82, 2.24) is 14.6 Å². The highest BCUT2D eigenvalue weighted by Crippen LogP contribution is 2.26. The van der Waals surface area contributed by atoms with Crippen molar-refractivity contribution >= 4 is 23.3 Å². The van der Waals surface area contributed by atoms with E-state index in [2.05, 4.69) is 50.6 Å². The number of aromatic nitrogens is 3. The van der Waals surface area contributed by atoms with Crippen molar-refractivity contribution in [3.63, 3.8) is 0 Å². The first-order chi connectivity index (χ1) is 13.8. The highest BCUT2D eigenvalue weighted by Gasteiger charge is 2.23. The van der Waals surface area contributed by atoms with Crippen molar-refractivity contribution in [2.45, 2.75) is 45.1 Å². The topological polar surface area (TPSA) is 62.5 Å². The molecule has 3 heterocycles. The third kappa shape index (κ3) is 3.23. The number of benzene rings is 1. The van der Waals surface area contributed by atoms with Gasteiger partial charge in [-0.3, -0.25) is 10.1 Å². The van der Waals surface area contributed by atoms with E-state index in [-0.39, 0.29) is 11.8 Å². The predicted octanol–water partition coefficient (Wildman–Crippen LogP) is 3.81. The van der Waals surface area contributed by atoms with Gasteiger partial charge in [0.25, 0.3) is 0 Å². The van der Waals surface area contributed by atoms with Crippen LogP contribution in [0.2, 0.25) is 0 Å². The minimum atomic E-state index is 0.0593. The van der Waals surface area contributed by atoms with Gasteiger partial charge in [0.05, 0.1) is 0 Å². The molecule has 0 saturated heterocycles. The predicted molar refractivity (Wildman–Crippen MR) is 109 cm³/mol. The van der Waals surface area contributed by atoms with Crippen LogP contribution in [0.5, 0.6) is 0 Å². The van der Waals surface area contributed by atoms with Crippen molar-refractivity contribution in [1.29, 1.82) is 0 Å². The molecular weight excluding hydrogens is 350 g/mol. The number of amides is 1. The number of carbonyl (C=O) groups is 1. The molecular formula is C22H25N5O. The largest absolute Gasteiger partial charge is 0.352 e. The Labute approximate surface area is 164 Å². The molecule has 2 aliphatic rings. The van der Waals surface area contributed by atoms with Gasteiger partial charge in [0.15, 0.2) is 5.65 Å². The van der Waals surface area contributed by atoms with Crippen molar-refractivity contribution < 1.29 is 4.79 Å². The molecule has 1 fully saturated rings. The number of fused-ring (bicyclic) bond motifs is 2. The summed E-state index contributed by atoms with van der Waals surface area (Å²) in [5.41, 5.74) is 3.54. The second-order valence-electron chi connectivity index (χ2n) is 7.85. The third-order valence-electron chi connectivity index (χ3n) is 6.01. The lowest BCUT2D eigenvalue weighted by atomic mass is 9.89. The van der Waals surface area contributed by atoms with Gasteiger partial charge in [-0.2, -0.15) is 9.50 Å². The second-order valence-corrected chi connectivity index (χ2v) is 7.85. The number of anilines is 2. The van der Waals surface area contributed by atoms with Crippen LogP contribution in [0.25, 0.3) is 5.65 Å². The Morgan fingerprint density at radius 2 is 1.82 bits per heavy atom. The van der Waals surface area contributed by atoms with Crippen LogP contribution in [0.4, 0.5) is 11.8 Å². The van der Waals surface area contributed by atoms with Gasteiger partial charge in [-0.1, -0.05) is 49.6 Å². The summed E-state index contributed by atoms with van der Waals surface area (Å²) in [5, 5.41) is 7.56. The molecule has 0 bridgehead atoms. The SMILES string of the molecule is O=C(Nc1nc2cccc(N3CCc4ccccc4C3)n2n1)C1CCCCC1. The Bertz CT molecular complexity index is 1010. The summed E-state index contributed by atoms with van der Waals surface area (Å²) < 4.78 is 1.85. The summed E-state index contributed by atoms with van der Waals surface area (Å²) in [4.78, 5) is 19.4. The number of pyridine rings is 1. The molecule has 0 atom stereocenters. The fraction of sp³-hybridized carbons (Fsp3) is 0.409. The normalized spacial score (nSPS) is 17.5. The van der Waals surface area contributed by atoms with Gasteiger partial charge in [0.1, 0.15) is 5.82 Å². The molecule has 144 valence electrons. The van der Waals surface area contributed by atoms with Crippen LogP contribution in [-0.2, 0) is 17.8 Å². The lowest BCUT2D eigenvalue weighted by Gasteiger charge is -2.30. The molecule has 2 aromatic heterocycles. The molecule has 0 spiro atoms. The Kier molecular flexibility index (Phi) is 4.47. The summed E-state index contributed by atoms with van der Waals surface area (Å²) in [6.07, 6.45) is 6.47. The molecule has 1 aliphatic heterocycles. The van der Waals surface area contributed by atoms with E-state index in [9.17, 15) is 4.79 Å². The van der Waals surface area contributed by atoms with Crippen LogP contribution < -0.4 is 10.2 Å². The third-order valence-corrected chi connectivity index (χ3v) is 6.01. The standard InChI is InChI=1S/C22H25N5O/c28-21(17-8-2-1-3-9-17)24-22-23-19-11-6-12-20(27(19)25-22)26-14-13-16-7-4-5-10-18(16)15-26/h4-7,10-12,17H,1-3,8-9,13-15H2,(H,24,25,28). The van der Waals surface area contributed by atoms with Crippen molar-refractivity contribution in [2.24, 2.45) is 5.92 Å². The molecule has 0 unspecified atom stereocenters. The van der Waals surface area contributed by atoms with Crippen molar-refractivity contribution in [3.05, 3.63) is 53.6 Å². The Balaban J connectivity index is 1.39. The van der Waals surface area contributed by atoms with Crippen molar-refractivity contribution in [2.75, 3.05) is 16.8 Å². The van der Waals surface area contributed by atoms with Crippen LogP contribution in [0.3, 0.4) is 0 Å². The fourth-order valence-corrected chi connectivity index (χ4v) is 4.45. The number of carbonyl (C=O) groups excluding carboxylic acids is 1. The van der Waals surface area contributed by atoms with E-state index < -0.39 is 0 Å². The van der Waals surface area contributed by atoms with Gasteiger partial charge < -0.3 is 4.90 Å². The van der Waals surface area contributed by atoms with E-state index in [1.54, 1.807) is 0 Å². The minimum absolute atomic E-state index is 0.0593. The Morgan fingerprint density at radius 1 is 1.00 bits per heavy atom. The van der Waals surface area contributed by atoms with Gasteiger partial charge in [0, 0.05) is 19.0 Å². The zero-order valence-electron chi connectivity index (χ0n) is 16.0.